The van der Waals surface area contributed by atoms with Crippen LogP contribution >= 0.6 is 0 Å². The molecule has 1 aliphatic carbocycles. The fourth-order valence-corrected chi connectivity index (χ4v) is 2.91. The number of aryl methyl sites for hydroxylation is 1. The highest BCUT2D eigenvalue weighted by molar-refractivity contribution is 5.96. The third-order valence-electron chi connectivity index (χ3n) is 4.35. The molecule has 7 heteroatoms. The number of hydrogen-bond acceptors (Lipinski definition) is 6. The van der Waals surface area contributed by atoms with Gasteiger partial charge in [0, 0.05) is 48.2 Å². The summed E-state index contributed by atoms with van der Waals surface area (Å²) in [4.78, 5) is 21.1. The van der Waals surface area contributed by atoms with E-state index < -0.39 is 0 Å². The van der Waals surface area contributed by atoms with Crippen LogP contribution in [0.5, 0.6) is 5.75 Å². The SMILES string of the molecule is CNc1cc(C)nc(Nc2ccc(CNC(=O)C3=CCCC=C3)c(OC)c2)n1. The fraction of sp³-hybridized carbons (Fsp3) is 0.286. The predicted octanol–water partition coefficient (Wildman–Crippen LogP) is 3.47. The Bertz CT molecular complexity index is 921. The summed E-state index contributed by atoms with van der Waals surface area (Å²) in [6.07, 6.45) is 7.73. The van der Waals surface area contributed by atoms with E-state index in [0.29, 0.717) is 23.8 Å². The number of rotatable bonds is 7. The maximum Gasteiger partial charge on any atom is 0.251 e. The summed E-state index contributed by atoms with van der Waals surface area (Å²) < 4.78 is 5.50. The Morgan fingerprint density at radius 3 is 2.79 bits per heavy atom. The van der Waals surface area contributed by atoms with E-state index in [4.69, 9.17) is 4.74 Å². The van der Waals surface area contributed by atoms with Crippen LogP contribution in [0.15, 0.2) is 48.1 Å². The molecule has 146 valence electrons. The number of benzene rings is 1. The number of aromatic nitrogens is 2. The van der Waals surface area contributed by atoms with Crippen molar-refractivity contribution in [2.24, 2.45) is 0 Å². The van der Waals surface area contributed by atoms with E-state index in [9.17, 15) is 4.79 Å². The molecular weight excluding hydrogens is 354 g/mol. The molecule has 1 aromatic heterocycles. The van der Waals surface area contributed by atoms with E-state index >= 15 is 0 Å². The molecule has 1 heterocycles. The van der Waals surface area contributed by atoms with Crippen LogP contribution in [0.4, 0.5) is 17.5 Å². The number of carbonyl (C=O) groups is 1. The molecule has 0 saturated heterocycles. The first-order valence-corrected chi connectivity index (χ1v) is 9.21. The van der Waals surface area contributed by atoms with Gasteiger partial charge in [-0.25, -0.2) is 4.98 Å². The summed E-state index contributed by atoms with van der Waals surface area (Å²) in [7, 11) is 3.43. The second-order valence-corrected chi connectivity index (χ2v) is 6.44. The molecule has 3 rings (SSSR count). The first-order chi connectivity index (χ1) is 13.6. The number of ether oxygens (including phenoxy) is 1. The smallest absolute Gasteiger partial charge is 0.251 e. The molecule has 0 aliphatic heterocycles. The molecule has 0 atom stereocenters. The molecule has 0 saturated carbocycles. The van der Waals surface area contributed by atoms with Crippen molar-refractivity contribution in [3.05, 3.63) is 59.3 Å². The number of methoxy groups -OCH3 is 1. The van der Waals surface area contributed by atoms with E-state index in [1.807, 2.05) is 56.5 Å². The molecule has 0 fully saturated rings. The summed E-state index contributed by atoms with van der Waals surface area (Å²) in [5.41, 5.74) is 3.26. The third kappa shape index (κ3) is 4.88. The second-order valence-electron chi connectivity index (χ2n) is 6.44. The number of hydrogen-bond donors (Lipinski definition) is 3. The highest BCUT2D eigenvalue weighted by Gasteiger charge is 2.11. The molecule has 1 amide bonds. The number of carbonyl (C=O) groups excluding carboxylic acids is 1. The highest BCUT2D eigenvalue weighted by Crippen LogP contribution is 2.25. The minimum atomic E-state index is -0.0760. The lowest BCUT2D eigenvalue weighted by Crippen LogP contribution is -2.24. The average molecular weight is 379 g/mol. The summed E-state index contributed by atoms with van der Waals surface area (Å²) in [5.74, 6) is 1.85. The zero-order valence-electron chi connectivity index (χ0n) is 16.4. The van der Waals surface area contributed by atoms with Crippen LogP contribution < -0.4 is 20.7 Å². The van der Waals surface area contributed by atoms with Gasteiger partial charge in [-0.1, -0.05) is 24.3 Å². The van der Waals surface area contributed by atoms with E-state index in [1.165, 1.54) is 0 Å². The largest absolute Gasteiger partial charge is 0.496 e. The van der Waals surface area contributed by atoms with Crippen molar-refractivity contribution in [1.29, 1.82) is 0 Å². The lowest BCUT2D eigenvalue weighted by atomic mass is 10.1. The van der Waals surface area contributed by atoms with Crippen LogP contribution in [-0.4, -0.2) is 30.0 Å². The van der Waals surface area contributed by atoms with Crippen LogP contribution in [0, 0.1) is 6.92 Å². The molecule has 7 nitrogen and oxygen atoms in total. The molecule has 0 spiro atoms. The third-order valence-corrected chi connectivity index (χ3v) is 4.35. The van der Waals surface area contributed by atoms with Crippen LogP contribution in [0.25, 0.3) is 0 Å². The Morgan fingerprint density at radius 2 is 2.07 bits per heavy atom. The Labute approximate surface area is 164 Å². The topological polar surface area (TPSA) is 88.2 Å². The number of nitrogens with one attached hydrogen (secondary N) is 3. The quantitative estimate of drug-likeness (QED) is 0.683. The lowest BCUT2D eigenvalue weighted by molar-refractivity contribution is -0.117. The van der Waals surface area contributed by atoms with Crippen LogP contribution in [0.2, 0.25) is 0 Å². The number of allylic oxidation sites excluding steroid dienone is 2. The summed E-state index contributed by atoms with van der Waals surface area (Å²) in [5, 5.41) is 9.15. The molecule has 0 bridgehead atoms. The number of anilines is 3. The zero-order chi connectivity index (χ0) is 19.9. The second kappa shape index (κ2) is 9.03. The van der Waals surface area contributed by atoms with Crippen molar-refractivity contribution in [2.45, 2.75) is 26.3 Å². The molecule has 0 unspecified atom stereocenters. The molecule has 2 aromatic rings. The average Bonchev–Trinajstić information content (AvgIpc) is 2.72. The van der Waals surface area contributed by atoms with Crippen molar-refractivity contribution < 1.29 is 9.53 Å². The van der Waals surface area contributed by atoms with Gasteiger partial charge in [0.1, 0.15) is 11.6 Å². The van der Waals surface area contributed by atoms with Gasteiger partial charge in [-0.15, -0.1) is 0 Å². The molecule has 28 heavy (non-hydrogen) atoms. The van der Waals surface area contributed by atoms with E-state index in [1.54, 1.807) is 7.11 Å². The van der Waals surface area contributed by atoms with E-state index in [-0.39, 0.29) is 5.91 Å². The molecule has 0 radical (unpaired) electrons. The van der Waals surface area contributed by atoms with E-state index in [2.05, 4.69) is 25.9 Å². The van der Waals surface area contributed by atoms with Gasteiger partial charge in [-0.3, -0.25) is 4.79 Å². The van der Waals surface area contributed by atoms with Crippen molar-refractivity contribution in [3.8, 4) is 5.75 Å². The first kappa shape index (κ1) is 19.4. The van der Waals surface area contributed by atoms with Gasteiger partial charge in [0.2, 0.25) is 5.95 Å². The van der Waals surface area contributed by atoms with Crippen molar-refractivity contribution in [3.63, 3.8) is 0 Å². The van der Waals surface area contributed by atoms with Crippen molar-refractivity contribution in [1.82, 2.24) is 15.3 Å². The minimum absolute atomic E-state index is 0.0760. The van der Waals surface area contributed by atoms with Crippen LogP contribution in [-0.2, 0) is 11.3 Å². The van der Waals surface area contributed by atoms with Gasteiger partial charge < -0.3 is 20.7 Å². The maximum atomic E-state index is 12.3. The fourth-order valence-electron chi connectivity index (χ4n) is 2.91. The predicted molar refractivity (Wildman–Crippen MR) is 111 cm³/mol. The van der Waals surface area contributed by atoms with E-state index in [0.717, 1.165) is 35.6 Å². The van der Waals surface area contributed by atoms with Crippen molar-refractivity contribution >= 4 is 23.4 Å². The molecular formula is C21H25N5O2. The standard InChI is InChI=1S/C21H25N5O2/c1-14-11-19(22-2)26-21(24-14)25-17-10-9-16(18(12-17)28-3)13-23-20(27)15-7-5-4-6-8-15/h5,7-12H,4,6,13H2,1-3H3,(H,23,27)(H2,22,24,25,26). The normalized spacial score (nSPS) is 12.9. The molecule has 1 aromatic carbocycles. The first-order valence-electron chi connectivity index (χ1n) is 9.21. The van der Waals surface area contributed by atoms with Gasteiger partial charge in [0.05, 0.1) is 7.11 Å². The highest BCUT2D eigenvalue weighted by atomic mass is 16.5. The number of nitrogens with zero attached hydrogens (tertiary/aromatic N) is 2. The lowest BCUT2D eigenvalue weighted by Gasteiger charge is -2.14. The Morgan fingerprint density at radius 1 is 1.21 bits per heavy atom. The molecule has 1 aliphatic rings. The van der Waals surface area contributed by atoms with Crippen LogP contribution in [0.1, 0.15) is 24.1 Å². The Balaban J connectivity index is 1.70. The zero-order valence-corrected chi connectivity index (χ0v) is 16.4. The summed E-state index contributed by atoms with van der Waals surface area (Å²) in [6, 6.07) is 7.57. The van der Waals surface area contributed by atoms with Crippen molar-refractivity contribution in [2.75, 3.05) is 24.8 Å². The summed E-state index contributed by atoms with van der Waals surface area (Å²) in [6.45, 7) is 2.30. The Kier molecular flexibility index (Phi) is 6.26. The minimum Gasteiger partial charge on any atom is -0.496 e. The maximum absolute atomic E-state index is 12.3. The van der Waals surface area contributed by atoms with Gasteiger partial charge in [-0.05, 0) is 25.8 Å². The van der Waals surface area contributed by atoms with Gasteiger partial charge in [-0.2, -0.15) is 4.98 Å². The van der Waals surface area contributed by atoms with Gasteiger partial charge >= 0.3 is 0 Å². The monoisotopic (exact) mass is 379 g/mol. The van der Waals surface area contributed by atoms with Gasteiger partial charge in [0.25, 0.3) is 5.91 Å². The van der Waals surface area contributed by atoms with Crippen LogP contribution in [0.3, 0.4) is 0 Å². The molecule has 3 N–H and O–H groups in total. The van der Waals surface area contributed by atoms with Gasteiger partial charge in [0.15, 0.2) is 0 Å². The Hall–Kier alpha value is -3.35. The summed E-state index contributed by atoms with van der Waals surface area (Å²) >= 11 is 0. The number of amides is 1.